The molecule has 0 bridgehead atoms. The maximum atomic E-state index is 13.0. The molecule has 2 heterocycles. The molecule has 0 unspecified atom stereocenters. The number of hydrogen-bond donors (Lipinski definition) is 0. The lowest BCUT2D eigenvalue weighted by Gasteiger charge is -2.21. The van der Waals surface area contributed by atoms with Gasteiger partial charge >= 0.3 is 0 Å². The summed E-state index contributed by atoms with van der Waals surface area (Å²) in [6.45, 7) is 0.510. The zero-order valence-corrected chi connectivity index (χ0v) is 14.4. The van der Waals surface area contributed by atoms with E-state index < -0.39 is 4.92 Å². The van der Waals surface area contributed by atoms with Gasteiger partial charge in [-0.05, 0) is 42.7 Å². The highest BCUT2D eigenvalue weighted by Crippen LogP contribution is 2.29. The number of amides is 1. The molecule has 8 heteroatoms. The van der Waals surface area contributed by atoms with Crippen LogP contribution in [0.3, 0.4) is 0 Å². The first-order chi connectivity index (χ1) is 13.1. The summed E-state index contributed by atoms with van der Waals surface area (Å²) in [6.07, 6.45) is 7.04. The molecule has 136 valence electrons. The Bertz CT molecular complexity index is 982. The number of benzene rings is 1. The monoisotopic (exact) mass is 363 g/mol. The summed E-state index contributed by atoms with van der Waals surface area (Å²) in [5.74, 6) is -0.140. The van der Waals surface area contributed by atoms with Crippen LogP contribution in [0.15, 0.2) is 61.1 Å². The molecule has 1 aliphatic rings. The summed E-state index contributed by atoms with van der Waals surface area (Å²) in [5.41, 5.74) is 1.86. The van der Waals surface area contributed by atoms with Crippen molar-refractivity contribution in [1.29, 1.82) is 0 Å². The van der Waals surface area contributed by atoms with Gasteiger partial charge in [0, 0.05) is 43.3 Å². The molecular weight excluding hydrogens is 346 g/mol. The molecule has 4 rings (SSSR count). The van der Waals surface area contributed by atoms with Crippen LogP contribution in [0.2, 0.25) is 0 Å². The SMILES string of the molecule is O=C(c1ccn(-c2cccc([N+](=O)[O-])c2)n1)N(Cc1ccncc1)C1CC1. The van der Waals surface area contributed by atoms with Crippen molar-refractivity contribution in [3.63, 3.8) is 0 Å². The fourth-order valence-corrected chi connectivity index (χ4v) is 2.92. The van der Waals surface area contributed by atoms with Crippen LogP contribution in [0.5, 0.6) is 0 Å². The molecule has 0 spiro atoms. The Hall–Kier alpha value is -3.55. The standard InChI is InChI=1S/C19H17N5O3/c25-19(22(15-4-5-15)13-14-6-9-20-10-7-14)18-8-11-23(21-18)16-2-1-3-17(12-16)24(26)27/h1-3,6-12,15H,4-5,13H2. The molecule has 0 aliphatic heterocycles. The van der Waals surface area contributed by atoms with Crippen molar-refractivity contribution in [3.05, 3.63) is 82.4 Å². The average Bonchev–Trinajstić information content (AvgIpc) is 3.42. The van der Waals surface area contributed by atoms with E-state index in [9.17, 15) is 14.9 Å². The van der Waals surface area contributed by atoms with Crippen LogP contribution in [-0.4, -0.2) is 36.5 Å². The first-order valence-corrected chi connectivity index (χ1v) is 8.62. The zero-order chi connectivity index (χ0) is 18.8. The third kappa shape index (κ3) is 3.69. The Morgan fingerprint density at radius 2 is 2.00 bits per heavy atom. The van der Waals surface area contributed by atoms with Gasteiger partial charge in [0.05, 0.1) is 10.6 Å². The van der Waals surface area contributed by atoms with Gasteiger partial charge in [-0.1, -0.05) is 6.07 Å². The number of hydrogen-bond acceptors (Lipinski definition) is 5. The summed E-state index contributed by atoms with van der Waals surface area (Å²) >= 11 is 0. The molecule has 3 aromatic rings. The van der Waals surface area contributed by atoms with E-state index >= 15 is 0 Å². The summed E-state index contributed by atoms with van der Waals surface area (Å²) in [4.78, 5) is 29.3. The molecular formula is C19H17N5O3. The van der Waals surface area contributed by atoms with Crippen molar-refractivity contribution in [2.45, 2.75) is 25.4 Å². The van der Waals surface area contributed by atoms with E-state index in [1.165, 1.54) is 16.8 Å². The Balaban J connectivity index is 1.57. The van der Waals surface area contributed by atoms with Crippen LogP contribution in [0.25, 0.3) is 5.69 Å². The number of rotatable bonds is 6. The first kappa shape index (κ1) is 16.9. The van der Waals surface area contributed by atoms with Gasteiger partial charge in [0.2, 0.25) is 0 Å². The Morgan fingerprint density at radius 1 is 1.22 bits per heavy atom. The highest BCUT2D eigenvalue weighted by atomic mass is 16.6. The van der Waals surface area contributed by atoms with E-state index in [0.29, 0.717) is 17.9 Å². The topological polar surface area (TPSA) is 94.2 Å². The lowest BCUT2D eigenvalue weighted by Crippen LogP contribution is -2.33. The minimum Gasteiger partial charge on any atom is -0.330 e. The van der Waals surface area contributed by atoms with Gasteiger partial charge in [-0.15, -0.1) is 0 Å². The number of carbonyl (C=O) groups is 1. The van der Waals surface area contributed by atoms with Crippen molar-refractivity contribution in [2.24, 2.45) is 0 Å². The van der Waals surface area contributed by atoms with Gasteiger partial charge in [-0.25, -0.2) is 4.68 Å². The smallest absolute Gasteiger partial charge is 0.274 e. The molecule has 1 amide bonds. The molecule has 0 atom stereocenters. The van der Waals surface area contributed by atoms with Crippen LogP contribution in [0.4, 0.5) is 5.69 Å². The minimum atomic E-state index is -0.456. The number of carbonyl (C=O) groups excluding carboxylic acids is 1. The largest absolute Gasteiger partial charge is 0.330 e. The highest BCUT2D eigenvalue weighted by molar-refractivity contribution is 5.92. The van der Waals surface area contributed by atoms with Crippen molar-refractivity contribution in [2.75, 3.05) is 0 Å². The maximum absolute atomic E-state index is 13.0. The van der Waals surface area contributed by atoms with Gasteiger partial charge in [-0.2, -0.15) is 5.10 Å². The zero-order valence-electron chi connectivity index (χ0n) is 14.4. The van der Waals surface area contributed by atoms with Crippen LogP contribution in [-0.2, 0) is 6.54 Å². The van der Waals surface area contributed by atoms with Crippen LogP contribution in [0, 0.1) is 10.1 Å². The summed E-state index contributed by atoms with van der Waals surface area (Å²) < 4.78 is 1.48. The molecule has 1 fully saturated rings. The predicted octanol–water partition coefficient (Wildman–Crippen LogP) is 2.98. The first-order valence-electron chi connectivity index (χ1n) is 8.62. The fourth-order valence-electron chi connectivity index (χ4n) is 2.92. The average molecular weight is 363 g/mol. The van der Waals surface area contributed by atoms with E-state index in [2.05, 4.69) is 10.1 Å². The Morgan fingerprint density at radius 3 is 2.70 bits per heavy atom. The van der Waals surface area contributed by atoms with Crippen molar-refractivity contribution >= 4 is 11.6 Å². The van der Waals surface area contributed by atoms with Crippen molar-refractivity contribution < 1.29 is 9.72 Å². The van der Waals surface area contributed by atoms with Gasteiger partial charge in [-0.3, -0.25) is 19.9 Å². The number of nitro benzene ring substituents is 1. The lowest BCUT2D eigenvalue weighted by molar-refractivity contribution is -0.384. The van der Waals surface area contributed by atoms with Crippen LogP contribution < -0.4 is 0 Å². The molecule has 0 N–H and O–H groups in total. The molecule has 1 aromatic carbocycles. The normalized spacial score (nSPS) is 13.3. The molecule has 27 heavy (non-hydrogen) atoms. The third-order valence-corrected chi connectivity index (χ3v) is 4.46. The van der Waals surface area contributed by atoms with Gasteiger partial charge in [0.1, 0.15) is 0 Å². The van der Waals surface area contributed by atoms with Gasteiger partial charge in [0.15, 0.2) is 5.69 Å². The van der Waals surface area contributed by atoms with E-state index in [0.717, 1.165) is 18.4 Å². The summed E-state index contributed by atoms with van der Waals surface area (Å²) in [7, 11) is 0. The number of nitro groups is 1. The second-order valence-corrected chi connectivity index (χ2v) is 6.44. The van der Waals surface area contributed by atoms with E-state index in [1.807, 2.05) is 17.0 Å². The summed E-state index contributed by atoms with van der Waals surface area (Å²) in [6, 6.07) is 11.8. The van der Waals surface area contributed by atoms with Gasteiger partial charge in [0.25, 0.3) is 11.6 Å². The molecule has 0 saturated heterocycles. The molecule has 2 aromatic heterocycles. The van der Waals surface area contributed by atoms with E-state index in [1.54, 1.807) is 36.8 Å². The summed E-state index contributed by atoms with van der Waals surface area (Å²) in [5, 5.41) is 15.3. The van der Waals surface area contributed by atoms with E-state index in [4.69, 9.17) is 0 Å². The second kappa shape index (κ2) is 6.99. The number of non-ortho nitro benzene ring substituents is 1. The maximum Gasteiger partial charge on any atom is 0.274 e. The molecule has 1 aliphatic carbocycles. The van der Waals surface area contributed by atoms with Crippen LogP contribution >= 0.6 is 0 Å². The molecule has 0 radical (unpaired) electrons. The lowest BCUT2D eigenvalue weighted by atomic mass is 10.2. The quantitative estimate of drug-likeness (QED) is 0.496. The number of pyridine rings is 1. The molecule has 1 saturated carbocycles. The number of nitrogens with zero attached hydrogens (tertiary/aromatic N) is 5. The molecule has 8 nitrogen and oxygen atoms in total. The highest BCUT2D eigenvalue weighted by Gasteiger charge is 2.34. The van der Waals surface area contributed by atoms with Crippen molar-refractivity contribution in [1.82, 2.24) is 19.7 Å². The fraction of sp³-hybridized carbons (Fsp3) is 0.211. The minimum absolute atomic E-state index is 0.0202. The number of aromatic nitrogens is 3. The van der Waals surface area contributed by atoms with Crippen LogP contribution in [0.1, 0.15) is 28.9 Å². The third-order valence-electron chi connectivity index (χ3n) is 4.46. The Kier molecular flexibility index (Phi) is 4.37. The predicted molar refractivity (Wildman–Crippen MR) is 97.4 cm³/mol. The Labute approximate surface area is 155 Å². The second-order valence-electron chi connectivity index (χ2n) is 6.44. The van der Waals surface area contributed by atoms with E-state index in [-0.39, 0.29) is 17.6 Å². The van der Waals surface area contributed by atoms with Crippen molar-refractivity contribution in [3.8, 4) is 5.69 Å². The van der Waals surface area contributed by atoms with Gasteiger partial charge < -0.3 is 4.90 Å².